The van der Waals surface area contributed by atoms with Crippen LogP contribution in [0.5, 0.6) is 0 Å². The number of nitrogens with zero attached hydrogens (tertiary/aromatic N) is 6. The molecule has 1 saturated heterocycles. The van der Waals surface area contributed by atoms with Crippen molar-refractivity contribution in [3.8, 4) is 23.1 Å². The number of hydrogen-bond acceptors (Lipinski definition) is 7. The van der Waals surface area contributed by atoms with Crippen molar-refractivity contribution < 1.29 is 22.8 Å². The molecule has 0 aliphatic carbocycles. The quantitative estimate of drug-likeness (QED) is 0.370. The minimum absolute atomic E-state index is 0.0331. The highest BCUT2D eigenvalue weighted by Gasteiger charge is 2.31. The molecular formula is C27H23F3N8O2. The largest absolute Gasteiger partial charge is 0.416 e. The van der Waals surface area contributed by atoms with E-state index in [1.807, 2.05) is 0 Å². The number of hydrogen-bond donors (Lipinski definition) is 2. The number of alkyl halides is 3. The lowest BCUT2D eigenvalue weighted by Gasteiger charge is -2.30. The molecule has 1 aliphatic rings. The average Bonchev–Trinajstić information content (AvgIpc) is 3.34. The smallest absolute Gasteiger partial charge is 0.383 e. The highest BCUT2D eigenvalue weighted by molar-refractivity contribution is 6.04. The van der Waals surface area contributed by atoms with Crippen LogP contribution in [0.4, 0.5) is 24.8 Å². The van der Waals surface area contributed by atoms with Gasteiger partial charge in [-0.15, -0.1) is 0 Å². The third-order valence-corrected chi connectivity index (χ3v) is 6.60. The van der Waals surface area contributed by atoms with Crippen LogP contribution < -0.4 is 11.1 Å². The molecule has 0 bridgehead atoms. The molecule has 0 saturated carbocycles. The molecule has 0 spiro atoms. The number of fused-ring (bicyclic) bond motifs is 1. The summed E-state index contributed by atoms with van der Waals surface area (Å²) >= 11 is 0. The maximum absolute atomic E-state index is 13.0. The van der Waals surface area contributed by atoms with Gasteiger partial charge < -0.3 is 16.0 Å². The van der Waals surface area contributed by atoms with Crippen molar-refractivity contribution in [1.82, 2.24) is 29.6 Å². The Hall–Kier alpha value is -4.99. The monoisotopic (exact) mass is 548 g/mol. The molecule has 1 aromatic carbocycles. The number of nitrogen functional groups attached to an aromatic ring is 1. The Morgan fingerprint density at radius 2 is 1.80 bits per heavy atom. The lowest BCUT2D eigenvalue weighted by atomic mass is 10.0. The molecule has 3 N–H and O–H groups in total. The molecule has 10 nitrogen and oxygen atoms in total. The van der Waals surface area contributed by atoms with Crippen LogP contribution in [-0.2, 0) is 11.0 Å². The summed E-state index contributed by atoms with van der Waals surface area (Å²) in [4.78, 5) is 38.9. The molecule has 40 heavy (non-hydrogen) atoms. The second-order valence-electron chi connectivity index (χ2n) is 9.11. The van der Waals surface area contributed by atoms with Gasteiger partial charge in [0.1, 0.15) is 23.7 Å². The van der Waals surface area contributed by atoms with Crippen molar-refractivity contribution in [1.29, 1.82) is 0 Å². The lowest BCUT2D eigenvalue weighted by Crippen LogP contribution is -2.38. The number of halogens is 3. The first-order valence-corrected chi connectivity index (χ1v) is 12.3. The number of piperidine rings is 1. The number of carbonyl (C=O) groups is 2. The Kier molecular flexibility index (Phi) is 7.08. The number of carbonyl (C=O) groups excluding carboxylic acids is 2. The molecule has 0 unspecified atom stereocenters. The summed E-state index contributed by atoms with van der Waals surface area (Å²) in [5.41, 5.74) is 7.23. The Labute approximate surface area is 226 Å². The lowest BCUT2D eigenvalue weighted by molar-refractivity contribution is -0.137. The summed E-state index contributed by atoms with van der Waals surface area (Å²) in [7, 11) is 0. The summed E-state index contributed by atoms with van der Waals surface area (Å²) in [6.45, 7) is 2.68. The Balaban J connectivity index is 1.39. The molecular weight excluding hydrogens is 525 g/mol. The van der Waals surface area contributed by atoms with Gasteiger partial charge in [-0.2, -0.15) is 18.3 Å². The summed E-state index contributed by atoms with van der Waals surface area (Å²) in [6, 6.07) is 7.95. The first-order chi connectivity index (χ1) is 19.2. The van der Waals surface area contributed by atoms with Crippen molar-refractivity contribution in [2.75, 3.05) is 24.1 Å². The zero-order valence-electron chi connectivity index (χ0n) is 21.2. The van der Waals surface area contributed by atoms with E-state index in [2.05, 4.69) is 32.1 Å². The summed E-state index contributed by atoms with van der Waals surface area (Å²) < 4.78 is 40.8. The zero-order valence-corrected chi connectivity index (χ0v) is 21.2. The number of pyridine rings is 1. The van der Waals surface area contributed by atoms with Crippen molar-refractivity contribution >= 4 is 34.5 Å². The number of benzene rings is 1. The third kappa shape index (κ3) is 5.28. The maximum Gasteiger partial charge on any atom is 0.416 e. The van der Waals surface area contributed by atoms with Crippen molar-refractivity contribution in [2.45, 2.75) is 32.0 Å². The van der Waals surface area contributed by atoms with Crippen LogP contribution in [0.3, 0.4) is 0 Å². The predicted molar refractivity (Wildman–Crippen MR) is 141 cm³/mol. The van der Waals surface area contributed by atoms with Crippen molar-refractivity contribution in [2.24, 2.45) is 0 Å². The van der Waals surface area contributed by atoms with E-state index in [0.29, 0.717) is 48.2 Å². The van der Waals surface area contributed by atoms with Gasteiger partial charge in [-0.3, -0.25) is 9.59 Å². The summed E-state index contributed by atoms with van der Waals surface area (Å²) in [6.07, 6.45) is -0.902. The average molecular weight is 549 g/mol. The molecule has 13 heteroatoms. The summed E-state index contributed by atoms with van der Waals surface area (Å²) in [5, 5.41) is 7.76. The number of anilines is 2. The number of likely N-dealkylation sites (tertiary alicyclic amines) is 1. The van der Waals surface area contributed by atoms with Gasteiger partial charge >= 0.3 is 6.18 Å². The number of aromatic nitrogens is 5. The van der Waals surface area contributed by atoms with Crippen LogP contribution in [0.1, 0.15) is 41.7 Å². The molecule has 2 amide bonds. The fourth-order valence-corrected chi connectivity index (χ4v) is 4.59. The third-order valence-electron chi connectivity index (χ3n) is 6.60. The molecule has 0 atom stereocenters. The molecule has 1 aliphatic heterocycles. The van der Waals surface area contributed by atoms with Crippen LogP contribution in [0.15, 0.2) is 48.9 Å². The highest BCUT2D eigenvalue weighted by Crippen LogP contribution is 2.34. The molecule has 4 aromatic rings. The second-order valence-corrected chi connectivity index (χ2v) is 9.11. The van der Waals surface area contributed by atoms with Gasteiger partial charge in [-0.1, -0.05) is 18.1 Å². The Bertz CT molecular complexity index is 1650. The van der Waals surface area contributed by atoms with Gasteiger partial charge in [0.05, 0.1) is 17.0 Å². The molecule has 4 heterocycles. The minimum Gasteiger partial charge on any atom is -0.383 e. The van der Waals surface area contributed by atoms with Crippen LogP contribution in [-0.4, -0.2) is 54.5 Å². The van der Waals surface area contributed by atoms with Gasteiger partial charge in [-0.25, -0.2) is 19.6 Å². The fourth-order valence-electron chi connectivity index (χ4n) is 4.59. The van der Waals surface area contributed by atoms with Gasteiger partial charge in [0.25, 0.3) is 11.8 Å². The van der Waals surface area contributed by atoms with Crippen LogP contribution in [0.25, 0.3) is 22.3 Å². The van der Waals surface area contributed by atoms with E-state index in [-0.39, 0.29) is 29.1 Å². The summed E-state index contributed by atoms with van der Waals surface area (Å²) in [5.74, 6) is 4.41. The van der Waals surface area contributed by atoms with E-state index in [0.717, 1.165) is 18.3 Å². The number of nitrogens with one attached hydrogen (secondary N) is 1. The first kappa shape index (κ1) is 26.6. The van der Waals surface area contributed by atoms with Gasteiger partial charge in [0, 0.05) is 30.4 Å². The van der Waals surface area contributed by atoms with Crippen molar-refractivity contribution in [3.63, 3.8) is 0 Å². The SMILES string of the molecule is CC#CC(=O)N1CCC(n2nc(-c3ccc(C(=O)Nc4cc(C(F)(F)F)ccn4)cc3)c3c(N)ncnc32)CC1. The molecule has 0 radical (unpaired) electrons. The van der Waals surface area contributed by atoms with Gasteiger partial charge in [0.2, 0.25) is 0 Å². The normalized spacial score (nSPS) is 14.1. The van der Waals surface area contributed by atoms with Crippen molar-refractivity contribution in [3.05, 3.63) is 60.0 Å². The minimum atomic E-state index is -4.56. The van der Waals surface area contributed by atoms with E-state index in [4.69, 9.17) is 10.8 Å². The molecule has 204 valence electrons. The van der Waals surface area contributed by atoms with Crippen LogP contribution >= 0.6 is 0 Å². The zero-order chi connectivity index (χ0) is 28.4. The van der Waals surface area contributed by atoms with E-state index in [9.17, 15) is 22.8 Å². The first-order valence-electron chi connectivity index (χ1n) is 12.3. The van der Waals surface area contributed by atoms with E-state index < -0.39 is 17.6 Å². The van der Waals surface area contributed by atoms with Gasteiger partial charge in [-0.05, 0) is 50.0 Å². The Morgan fingerprint density at radius 3 is 2.48 bits per heavy atom. The predicted octanol–water partition coefficient (Wildman–Crippen LogP) is 3.93. The van der Waals surface area contributed by atoms with E-state index in [1.54, 1.807) is 28.6 Å². The molecule has 3 aromatic heterocycles. The molecule has 1 fully saturated rings. The maximum atomic E-state index is 13.0. The number of amides is 2. The molecule has 5 rings (SSSR count). The topological polar surface area (TPSA) is 132 Å². The van der Waals surface area contributed by atoms with Gasteiger partial charge in [0.15, 0.2) is 5.65 Å². The van der Waals surface area contributed by atoms with Crippen LogP contribution in [0.2, 0.25) is 0 Å². The number of rotatable bonds is 4. The second kappa shape index (κ2) is 10.6. The highest BCUT2D eigenvalue weighted by atomic mass is 19.4. The standard InChI is InChI=1S/C27H23F3N8O2/c1-2-3-21(39)37-12-9-19(10-13-37)38-25-22(24(31)33-15-34-25)23(36-38)16-4-6-17(7-5-16)26(40)35-20-14-18(8-11-32-20)27(28,29)30/h4-8,11,14-15,19H,9-10,12-13H2,1H3,(H2,31,33,34)(H,32,35,40). The fraction of sp³-hybridized carbons (Fsp3) is 0.259. The van der Waals surface area contributed by atoms with E-state index in [1.165, 1.54) is 18.5 Å². The van der Waals surface area contributed by atoms with E-state index >= 15 is 0 Å². The van der Waals surface area contributed by atoms with Crippen LogP contribution in [0, 0.1) is 11.8 Å². The Morgan fingerprint density at radius 1 is 1.07 bits per heavy atom. The number of nitrogens with two attached hydrogens (primary N) is 1.